The van der Waals surface area contributed by atoms with Gasteiger partial charge in [-0.25, -0.2) is 0 Å². The minimum atomic E-state index is 0.217. The summed E-state index contributed by atoms with van der Waals surface area (Å²) in [4.78, 5) is 17.2. The van der Waals surface area contributed by atoms with Crippen molar-refractivity contribution in [2.75, 3.05) is 39.4 Å². The molecule has 3 rings (SSSR count). The van der Waals surface area contributed by atoms with Gasteiger partial charge in [-0.05, 0) is 25.7 Å². The molecule has 134 valence electrons. The molecule has 24 heavy (non-hydrogen) atoms. The van der Waals surface area contributed by atoms with Crippen molar-refractivity contribution in [1.29, 1.82) is 0 Å². The number of hydrogen-bond acceptors (Lipinski definition) is 5. The van der Waals surface area contributed by atoms with Crippen molar-refractivity contribution >= 4 is 17.5 Å². The van der Waals surface area contributed by atoms with E-state index in [9.17, 15) is 4.79 Å². The third-order valence-electron chi connectivity index (χ3n) is 4.95. The zero-order valence-corrected chi connectivity index (χ0v) is 14.8. The first kappa shape index (κ1) is 17.7. The molecule has 1 aromatic rings. The zero-order chi connectivity index (χ0) is 16.8. The number of amides is 1. The number of morpholine rings is 1. The van der Waals surface area contributed by atoms with Gasteiger partial charge in [0.1, 0.15) is 5.76 Å². The molecule has 1 aromatic heterocycles. The van der Waals surface area contributed by atoms with Crippen LogP contribution in [-0.2, 0) is 16.0 Å². The summed E-state index contributed by atoms with van der Waals surface area (Å²) < 4.78 is 10.5. The summed E-state index contributed by atoms with van der Waals surface area (Å²) in [6.07, 6.45) is 5.51. The second-order valence-corrected chi connectivity index (χ2v) is 6.98. The third kappa shape index (κ3) is 4.94. The SMILES string of the molecule is O=C(CCc1cc(Cl)no1)N1CCCC[C@H]1CCN1CCOCC1. The third-order valence-corrected chi connectivity index (χ3v) is 5.12. The molecule has 0 spiro atoms. The van der Waals surface area contributed by atoms with Gasteiger partial charge in [-0.1, -0.05) is 16.8 Å². The zero-order valence-electron chi connectivity index (χ0n) is 14.1. The van der Waals surface area contributed by atoms with Crippen molar-refractivity contribution in [3.8, 4) is 0 Å². The Morgan fingerprint density at radius 3 is 2.88 bits per heavy atom. The number of aromatic nitrogens is 1. The van der Waals surface area contributed by atoms with Crippen LogP contribution >= 0.6 is 11.6 Å². The van der Waals surface area contributed by atoms with E-state index >= 15 is 0 Å². The molecule has 1 atom stereocenters. The molecule has 3 heterocycles. The van der Waals surface area contributed by atoms with Crippen LogP contribution in [0.15, 0.2) is 10.6 Å². The molecule has 2 aliphatic rings. The minimum Gasteiger partial charge on any atom is -0.379 e. The van der Waals surface area contributed by atoms with E-state index in [1.165, 1.54) is 6.42 Å². The van der Waals surface area contributed by atoms with E-state index in [0.29, 0.717) is 29.8 Å². The quantitative estimate of drug-likeness (QED) is 0.784. The lowest BCUT2D eigenvalue weighted by molar-refractivity contribution is -0.135. The topological polar surface area (TPSA) is 58.8 Å². The number of carbonyl (C=O) groups excluding carboxylic acids is 1. The van der Waals surface area contributed by atoms with Crippen LogP contribution in [0.3, 0.4) is 0 Å². The number of aryl methyl sites for hydroxylation is 1. The molecule has 2 aliphatic heterocycles. The van der Waals surface area contributed by atoms with Gasteiger partial charge < -0.3 is 14.2 Å². The van der Waals surface area contributed by atoms with E-state index in [4.69, 9.17) is 20.9 Å². The summed E-state index contributed by atoms with van der Waals surface area (Å²) in [7, 11) is 0. The Kier molecular flexibility index (Phi) is 6.51. The summed E-state index contributed by atoms with van der Waals surface area (Å²) in [6.45, 7) is 5.60. The maximum atomic E-state index is 12.6. The van der Waals surface area contributed by atoms with Gasteiger partial charge in [0, 0.05) is 51.1 Å². The molecule has 1 amide bonds. The van der Waals surface area contributed by atoms with Gasteiger partial charge in [0.15, 0.2) is 5.15 Å². The van der Waals surface area contributed by atoms with E-state index in [1.807, 2.05) is 0 Å². The molecule has 2 fully saturated rings. The highest BCUT2D eigenvalue weighted by Crippen LogP contribution is 2.22. The largest absolute Gasteiger partial charge is 0.379 e. The smallest absolute Gasteiger partial charge is 0.223 e. The Balaban J connectivity index is 1.48. The van der Waals surface area contributed by atoms with Crippen molar-refractivity contribution in [3.05, 3.63) is 17.0 Å². The Morgan fingerprint density at radius 2 is 2.12 bits per heavy atom. The molecule has 0 N–H and O–H groups in total. The molecule has 0 unspecified atom stereocenters. The first-order chi connectivity index (χ1) is 11.7. The summed E-state index contributed by atoms with van der Waals surface area (Å²) in [5.74, 6) is 0.893. The number of likely N-dealkylation sites (tertiary alicyclic amines) is 1. The fourth-order valence-corrected chi connectivity index (χ4v) is 3.72. The number of hydrogen-bond donors (Lipinski definition) is 0. The van der Waals surface area contributed by atoms with Crippen LogP contribution in [0, 0.1) is 0 Å². The highest BCUT2D eigenvalue weighted by molar-refractivity contribution is 6.29. The number of halogens is 1. The van der Waals surface area contributed by atoms with Gasteiger partial charge in [0.25, 0.3) is 0 Å². The second kappa shape index (κ2) is 8.83. The molecular formula is C17H26ClN3O3. The van der Waals surface area contributed by atoms with Gasteiger partial charge in [0.05, 0.1) is 13.2 Å². The maximum absolute atomic E-state index is 12.6. The summed E-state index contributed by atoms with van der Waals surface area (Å²) in [6, 6.07) is 2.05. The first-order valence-corrected chi connectivity index (χ1v) is 9.31. The Labute approximate surface area is 148 Å². The monoisotopic (exact) mass is 355 g/mol. The Bertz CT molecular complexity index is 531. The van der Waals surface area contributed by atoms with Gasteiger partial charge in [-0.15, -0.1) is 0 Å². The van der Waals surface area contributed by atoms with E-state index in [1.54, 1.807) is 6.07 Å². The van der Waals surface area contributed by atoms with Crippen LogP contribution in [0.25, 0.3) is 0 Å². The molecule has 0 radical (unpaired) electrons. The van der Waals surface area contributed by atoms with E-state index in [0.717, 1.165) is 58.7 Å². The lowest BCUT2D eigenvalue weighted by Crippen LogP contribution is -2.46. The molecule has 6 nitrogen and oxygen atoms in total. The van der Waals surface area contributed by atoms with E-state index < -0.39 is 0 Å². The molecular weight excluding hydrogens is 330 g/mol. The second-order valence-electron chi connectivity index (χ2n) is 6.60. The van der Waals surface area contributed by atoms with E-state index in [-0.39, 0.29) is 5.91 Å². The average Bonchev–Trinajstić information content (AvgIpc) is 3.04. The van der Waals surface area contributed by atoms with Crippen LogP contribution in [0.2, 0.25) is 5.15 Å². The number of rotatable bonds is 6. The van der Waals surface area contributed by atoms with Crippen molar-refractivity contribution in [1.82, 2.24) is 15.0 Å². The van der Waals surface area contributed by atoms with Gasteiger partial charge >= 0.3 is 0 Å². The van der Waals surface area contributed by atoms with E-state index in [2.05, 4.69) is 15.0 Å². The van der Waals surface area contributed by atoms with Crippen molar-refractivity contribution < 1.29 is 14.1 Å². The maximum Gasteiger partial charge on any atom is 0.223 e. The van der Waals surface area contributed by atoms with Crippen molar-refractivity contribution in [3.63, 3.8) is 0 Å². The first-order valence-electron chi connectivity index (χ1n) is 8.93. The number of piperidine rings is 1. The molecule has 0 bridgehead atoms. The fourth-order valence-electron chi connectivity index (χ4n) is 3.56. The van der Waals surface area contributed by atoms with Gasteiger partial charge in [0.2, 0.25) is 5.91 Å². The highest BCUT2D eigenvalue weighted by atomic mass is 35.5. The normalized spacial score (nSPS) is 22.7. The number of nitrogens with zero attached hydrogens (tertiary/aromatic N) is 3. The van der Waals surface area contributed by atoms with Crippen LogP contribution in [-0.4, -0.2) is 66.3 Å². The molecule has 7 heteroatoms. The highest BCUT2D eigenvalue weighted by Gasteiger charge is 2.27. The molecule has 0 saturated carbocycles. The van der Waals surface area contributed by atoms with Crippen LogP contribution < -0.4 is 0 Å². The fraction of sp³-hybridized carbons (Fsp3) is 0.765. The minimum absolute atomic E-state index is 0.217. The molecule has 2 saturated heterocycles. The Morgan fingerprint density at radius 1 is 1.29 bits per heavy atom. The van der Waals surface area contributed by atoms with Gasteiger partial charge in [-0.3, -0.25) is 9.69 Å². The molecule has 0 aliphatic carbocycles. The van der Waals surface area contributed by atoms with Crippen LogP contribution in [0.5, 0.6) is 0 Å². The predicted molar refractivity (Wildman–Crippen MR) is 91.1 cm³/mol. The summed E-state index contributed by atoms with van der Waals surface area (Å²) in [5.41, 5.74) is 0. The standard InChI is InChI=1S/C17H26ClN3O3/c18-16-13-15(24-19-16)4-5-17(22)21-7-2-1-3-14(21)6-8-20-9-11-23-12-10-20/h13-14H,1-12H2/t14-/m0/s1. The lowest BCUT2D eigenvalue weighted by atomic mass is 9.98. The van der Waals surface area contributed by atoms with Crippen LogP contribution in [0.1, 0.15) is 37.9 Å². The number of carbonyl (C=O) groups is 1. The predicted octanol–water partition coefficient (Wildman–Crippen LogP) is 2.36. The van der Waals surface area contributed by atoms with Crippen LogP contribution in [0.4, 0.5) is 0 Å². The average molecular weight is 356 g/mol. The lowest BCUT2D eigenvalue weighted by Gasteiger charge is -2.37. The summed E-state index contributed by atoms with van der Waals surface area (Å²) in [5, 5.41) is 4.00. The van der Waals surface area contributed by atoms with Crippen molar-refractivity contribution in [2.24, 2.45) is 0 Å². The summed E-state index contributed by atoms with van der Waals surface area (Å²) >= 11 is 5.75. The van der Waals surface area contributed by atoms with Crippen molar-refractivity contribution in [2.45, 2.75) is 44.6 Å². The number of ether oxygens (including phenoxy) is 1. The van der Waals surface area contributed by atoms with Gasteiger partial charge in [-0.2, -0.15) is 0 Å². The Hall–Kier alpha value is -1.11. The molecule has 0 aromatic carbocycles.